The third kappa shape index (κ3) is 7.88. The number of guanidine groups is 1. The molecule has 2 N–H and O–H groups in total. The van der Waals surface area contributed by atoms with E-state index in [1.165, 1.54) is 5.56 Å². The Bertz CT molecular complexity index is 430. The van der Waals surface area contributed by atoms with E-state index >= 15 is 0 Å². The molecule has 0 aromatic heterocycles. The van der Waals surface area contributed by atoms with Crippen molar-refractivity contribution in [3.63, 3.8) is 0 Å². The highest BCUT2D eigenvalue weighted by Crippen LogP contribution is 2.11. The van der Waals surface area contributed by atoms with Gasteiger partial charge in [0.15, 0.2) is 5.96 Å². The van der Waals surface area contributed by atoms with Gasteiger partial charge in [-0.25, -0.2) is 0 Å². The zero-order valence-corrected chi connectivity index (χ0v) is 14.2. The molecule has 5 nitrogen and oxygen atoms in total. The van der Waals surface area contributed by atoms with Gasteiger partial charge in [-0.05, 0) is 44.4 Å². The van der Waals surface area contributed by atoms with Gasteiger partial charge in [0.25, 0.3) is 0 Å². The summed E-state index contributed by atoms with van der Waals surface area (Å²) in [6.45, 7) is 6.57. The Labute approximate surface area is 134 Å². The van der Waals surface area contributed by atoms with Crippen molar-refractivity contribution in [3.05, 3.63) is 29.8 Å². The number of nitrogens with zero attached hydrogens (tertiary/aromatic N) is 1. The van der Waals surface area contributed by atoms with Gasteiger partial charge in [-0.15, -0.1) is 0 Å². The predicted octanol–water partition coefficient (Wildman–Crippen LogP) is 2.22. The standard InChI is InChI=1S/C17H29N3O2/c1-14(2)22-13-5-11-19-17(18-3)20-12-10-15-6-8-16(21-4)9-7-15/h6-9,14H,5,10-13H2,1-4H3,(H2,18,19,20). The van der Waals surface area contributed by atoms with E-state index in [9.17, 15) is 0 Å². The molecule has 0 bridgehead atoms. The first kappa shape index (κ1) is 18.3. The molecule has 1 rings (SSSR count). The Balaban J connectivity index is 2.17. The maximum atomic E-state index is 5.50. The molecule has 0 fully saturated rings. The zero-order chi connectivity index (χ0) is 16.2. The monoisotopic (exact) mass is 307 g/mol. The summed E-state index contributed by atoms with van der Waals surface area (Å²) in [6.07, 6.45) is 2.21. The fraction of sp³-hybridized carbons (Fsp3) is 0.588. The quantitative estimate of drug-likeness (QED) is 0.417. The number of ether oxygens (including phenoxy) is 2. The molecule has 0 aliphatic heterocycles. The van der Waals surface area contributed by atoms with Crippen LogP contribution in [0.5, 0.6) is 5.75 Å². The van der Waals surface area contributed by atoms with Crippen LogP contribution in [0.4, 0.5) is 0 Å². The summed E-state index contributed by atoms with van der Waals surface area (Å²) in [7, 11) is 3.46. The van der Waals surface area contributed by atoms with E-state index in [-0.39, 0.29) is 0 Å². The molecular formula is C17H29N3O2. The lowest BCUT2D eigenvalue weighted by Gasteiger charge is -2.12. The largest absolute Gasteiger partial charge is 0.497 e. The molecule has 0 aliphatic rings. The minimum absolute atomic E-state index is 0.293. The van der Waals surface area contributed by atoms with Crippen LogP contribution in [-0.2, 0) is 11.2 Å². The van der Waals surface area contributed by atoms with Crippen molar-refractivity contribution in [1.29, 1.82) is 0 Å². The van der Waals surface area contributed by atoms with E-state index in [4.69, 9.17) is 9.47 Å². The summed E-state index contributed by atoms with van der Waals surface area (Å²) in [5.74, 6) is 1.72. The Morgan fingerprint density at radius 3 is 2.41 bits per heavy atom. The number of methoxy groups -OCH3 is 1. The van der Waals surface area contributed by atoms with Gasteiger partial charge in [0.05, 0.1) is 13.2 Å². The average Bonchev–Trinajstić information content (AvgIpc) is 2.53. The first-order chi connectivity index (χ1) is 10.7. The van der Waals surface area contributed by atoms with E-state index in [0.717, 1.165) is 44.2 Å². The van der Waals surface area contributed by atoms with E-state index in [1.54, 1.807) is 14.2 Å². The molecule has 5 heteroatoms. The number of nitrogens with one attached hydrogen (secondary N) is 2. The van der Waals surface area contributed by atoms with Crippen LogP contribution in [-0.4, -0.2) is 45.9 Å². The molecule has 0 amide bonds. The van der Waals surface area contributed by atoms with Crippen LogP contribution in [0.2, 0.25) is 0 Å². The topological polar surface area (TPSA) is 54.9 Å². The van der Waals surface area contributed by atoms with Crippen LogP contribution in [0.3, 0.4) is 0 Å². The van der Waals surface area contributed by atoms with Crippen LogP contribution >= 0.6 is 0 Å². The summed E-state index contributed by atoms with van der Waals surface area (Å²) >= 11 is 0. The SMILES string of the molecule is CN=C(NCCCOC(C)C)NCCc1ccc(OC)cc1. The molecule has 0 spiro atoms. The number of aliphatic imine (C=N–C) groups is 1. The van der Waals surface area contributed by atoms with E-state index in [2.05, 4.69) is 27.8 Å². The second-order valence-electron chi connectivity index (χ2n) is 5.30. The van der Waals surface area contributed by atoms with Gasteiger partial charge < -0.3 is 20.1 Å². The summed E-state index contributed by atoms with van der Waals surface area (Å²) < 4.78 is 10.7. The van der Waals surface area contributed by atoms with E-state index < -0.39 is 0 Å². The second kappa shape index (κ2) is 10.9. The molecule has 1 aromatic rings. The number of hydrogen-bond acceptors (Lipinski definition) is 3. The van der Waals surface area contributed by atoms with Crippen molar-refractivity contribution in [2.75, 3.05) is 33.9 Å². The van der Waals surface area contributed by atoms with Crippen molar-refractivity contribution in [2.45, 2.75) is 32.8 Å². The highest BCUT2D eigenvalue weighted by atomic mass is 16.5. The third-order valence-electron chi connectivity index (χ3n) is 3.15. The molecule has 0 saturated carbocycles. The fourth-order valence-corrected chi connectivity index (χ4v) is 1.94. The molecule has 0 saturated heterocycles. The van der Waals surface area contributed by atoms with Gasteiger partial charge in [0, 0.05) is 26.7 Å². The predicted molar refractivity (Wildman–Crippen MR) is 91.8 cm³/mol. The molecule has 124 valence electrons. The molecule has 0 aliphatic carbocycles. The van der Waals surface area contributed by atoms with Crippen molar-refractivity contribution >= 4 is 5.96 Å². The van der Waals surface area contributed by atoms with Crippen molar-refractivity contribution < 1.29 is 9.47 Å². The molecule has 1 aromatic carbocycles. The lowest BCUT2D eigenvalue weighted by Crippen LogP contribution is -2.39. The van der Waals surface area contributed by atoms with Crippen molar-refractivity contribution in [2.24, 2.45) is 4.99 Å². The minimum atomic E-state index is 0.293. The molecule has 22 heavy (non-hydrogen) atoms. The van der Waals surface area contributed by atoms with Crippen molar-refractivity contribution in [1.82, 2.24) is 10.6 Å². The van der Waals surface area contributed by atoms with Gasteiger partial charge in [-0.1, -0.05) is 12.1 Å². The first-order valence-electron chi connectivity index (χ1n) is 7.84. The summed E-state index contributed by atoms with van der Waals surface area (Å²) in [5.41, 5.74) is 1.27. The van der Waals surface area contributed by atoms with Gasteiger partial charge >= 0.3 is 0 Å². The normalized spacial score (nSPS) is 11.6. The molecular weight excluding hydrogens is 278 g/mol. The highest BCUT2D eigenvalue weighted by Gasteiger charge is 1.99. The smallest absolute Gasteiger partial charge is 0.190 e. The second-order valence-corrected chi connectivity index (χ2v) is 5.30. The molecule has 0 atom stereocenters. The molecule has 0 unspecified atom stereocenters. The number of benzene rings is 1. The van der Waals surface area contributed by atoms with E-state index in [0.29, 0.717) is 6.10 Å². The molecule has 0 radical (unpaired) electrons. The van der Waals surface area contributed by atoms with Crippen LogP contribution in [0.15, 0.2) is 29.3 Å². The maximum absolute atomic E-state index is 5.50. The van der Waals surface area contributed by atoms with Crippen LogP contribution in [0.1, 0.15) is 25.8 Å². The number of rotatable bonds is 9. The Hall–Kier alpha value is -1.75. The van der Waals surface area contributed by atoms with Crippen LogP contribution in [0, 0.1) is 0 Å². The van der Waals surface area contributed by atoms with Gasteiger partial charge in [-0.3, -0.25) is 4.99 Å². The summed E-state index contributed by atoms with van der Waals surface area (Å²) in [4.78, 5) is 4.21. The third-order valence-corrected chi connectivity index (χ3v) is 3.15. The Morgan fingerprint density at radius 2 is 1.82 bits per heavy atom. The van der Waals surface area contributed by atoms with Gasteiger partial charge in [-0.2, -0.15) is 0 Å². The van der Waals surface area contributed by atoms with Gasteiger partial charge in [0.2, 0.25) is 0 Å². The van der Waals surface area contributed by atoms with Crippen LogP contribution < -0.4 is 15.4 Å². The summed E-state index contributed by atoms with van der Waals surface area (Å²) in [6, 6.07) is 8.13. The highest BCUT2D eigenvalue weighted by molar-refractivity contribution is 5.79. The lowest BCUT2D eigenvalue weighted by molar-refractivity contribution is 0.0776. The molecule has 0 heterocycles. The fourth-order valence-electron chi connectivity index (χ4n) is 1.94. The van der Waals surface area contributed by atoms with E-state index in [1.807, 2.05) is 26.0 Å². The summed E-state index contributed by atoms with van der Waals surface area (Å²) in [5, 5.41) is 6.60. The Morgan fingerprint density at radius 1 is 1.14 bits per heavy atom. The van der Waals surface area contributed by atoms with Gasteiger partial charge in [0.1, 0.15) is 5.75 Å². The van der Waals surface area contributed by atoms with Crippen LogP contribution in [0.25, 0.3) is 0 Å². The first-order valence-corrected chi connectivity index (χ1v) is 7.84. The average molecular weight is 307 g/mol. The maximum Gasteiger partial charge on any atom is 0.190 e. The zero-order valence-electron chi connectivity index (χ0n) is 14.2. The van der Waals surface area contributed by atoms with Crippen molar-refractivity contribution in [3.8, 4) is 5.75 Å². The minimum Gasteiger partial charge on any atom is -0.497 e. The number of hydrogen-bond donors (Lipinski definition) is 2. The lowest BCUT2D eigenvalue weighted by atomic mass is 10.1. The Kier molecular flexibility index (Phi) is 9.07.